The molecule has 0 aromatic heterocycles. The Bertz CT molecular complexity index is 108. The van der Waals surface area contributed by atoms with E-state index in [0.717, 1.165) is 0 Å². The molecule has 0 aromatic carbocycles. The van der Waals surface area contributed by atoms with Crippen LogP contribution in [0.4, 0.5) is 0 Å². The van der Waals surface area contributed by atoms with E-state index in [2.05, 4.69) is 0 Å². The fourth-order valence-electron chi connectivity index (χ4n) is 0. The molecule has 7 heavy (non-hydrogen) atoms. The van der Waals surface area contributed by atoms with E-state index in [-0.39, 0.29) is 5.34 Å². The molecule has 0 saturated carbocycles. The number of rotatable bonds is 0. The maximum atomic E-state index is 8.44. The lowest BCUT2D eigenvalue weighted by atomic mass is 13.4. The Morgan fingerprint density at radius 2 is 1.29 bits per heavy atom. The average molecular weight is 127 g/mol. The first-order chi connectivity index (χ1) is 3.15. The molecule has 0 heterocycles. The third-order valence-electron chi connectivity index (χ3n) is 0. The van der Waals surface area contributed by atoms with E-state index in [1.807, 2.05) is 0 Å². The second-order valence-electron chi connectivity index (χ2n) is 0.287. The molecule has 7 heteroatoms. The molecule has 0 aliphatic carbocycles. The van der Waals surface area contributed by atoms with Crippen molar-refractivity contribution >= 4 is 10.6 Å². The monoisotopic (exact) mass is 127 g/mol. The summed E-state index contributed by atoms with van der Waals surface area (Å²) in [5.74, 6) is 0. The molecule has 0 fully saturated rings. The summed E-state index contributed by atoms with van der Waals surface area (Å²) >= 11 is 0. The largest absolute Gasteiger partial charge is 0.425 e. The molecule has 0 aliphatic heterocycles. The molecular weight excluding hydrogens is 126 g/mol. The van der Waals surface area contributed by atoms with Crippen molar-refractivity contribution in [3.8, 4) is 0 Å². The molecule has 0 atom stereocenters. The minimum atomic E-state index is -3.11. The third kappa shape index (κ3) is 47.7. The quantitative estimate of drug-likeness (QED) is 0.282. The first-order valence-corrected chi connectivity index (χ1v) is 1.91. The molecule has 0 aromatic rings. The summed E-state index contributed by atoms with van der Waals surface area (Å²) in [6, 6.07) is 0. The fraction of sp³-hybridized carbons (Fsp3) is 0. The van der Waals surface area contributed by atoms with Crippen molar-refractivity contribution < 1.29 is 18.0 Å². The lowest BCUT2D eigenvalue weighted by molar-refractivity contribution is -0.398. The van der Waals surface area contributed by atoms with Crippen LogP contribution in [0.25, 0.3) is 0 Å². The van der Waals surface area contributed by atoms with Crippen molar-refractivity contribution in [2.45, 2.75) is 0 Å². The van der Waals surface area contributed by atoms with Crippen LogP contribution in [0.15, 0.2) is 0 Å². The Morgan fingerprint density at radius 1 is 1.29 bits per heavy atom. The summed E-state index contributed by atoms with van der Waals surface area (Å²) in [6.45, 7) is 0. The van der Waals surface area contributed by atoms with Gasteiger partial charge < -0.3 is 0 Å². The first-order valence-electron chi connectivity index (χ1n) is 0.908. The van der Waals surface area contributed by atoms with Gasteiger partial charge in [-0.25, -0.2) is 0 Å². The summed E-state index contributed by atoms with van der Waals surface area (Å²) in [5.41, 5.74) is 0. The highest BCUT2D eigenvalue weighted by Gasteiger charge is 1.40. The summed E-state index contributed by atoms with van der Waals surface area (Å²) in [7, 11) is -3.11. The van der Waals surface area contributed by atoms with Crippen LogP contribution >= 0.6 is 0 Å². The topological polar surface area (TPSA) is 105 Å². The highest BCUT2D eigenvalue weighted by atomic mass is 32.2. The van der Waals surface area contributed by atoms with Crippen LogP contribution in [0.2, 0.25) is 0 Å². The van der Waals surface area contributed by atoms with Gasteiger partial charge in [0.2, 0.25) is 0 Å². The van der Waals surface area contributed by atoms with Crippen molar-refractivity contribution in [1.29, 1.82) is 0 Å². The molecule has 0 unspecified atom stereocenters. The van der Waals surface area contributed by atoms with Crippen LogP contribution in [0.3, 0.4) is 0 Å². The van der Waals surface area contributed by atoms with Crippen molar-refractivity contribution in [2.24, 2.45) is 0 Å². The maximum Gasteiger partial charge on any atom is 0.425 e. The Balaban J connectivity index is 0. The van der Waals surface area contributed by atoms with Gasteiger partial charge >= 0.3 is 10.6 Å². The lowest BCUT2D eigenvalue weighted by Crippen LogP contribution is -2.53. The SMILES string of the molecule is O=S(=O)=O.O=[NH+][O-]. The molecule has 1 N–H and O–H groups in total. The van der Waals surface area contributed by atoms with Gasteiger partial charge in [-0.2, -0.15) is 0 Å². The summed E-state index contributed by atoms with van der Waals surface area (Å²) in [4.78, 5) is 8.12. The van der Waals surface area contributed by atoms with E-state index in [4.69, 9.17) is 22.7 Å². The molecule has 0 bridgehead atoms. The highest BCUT2D eigenvalue weighted by Crippen LogP contribution is 1.07. The van der Waals surface area contributed by atoms with Crippen LogP contribution in [-0.4, -0.2) is 12.6 Å². The van der Waals surface area contributed by atoms with Crippen LogP contribution in [0.5, 0.6) is 0 Å². The predicted octanol–water partition coefficient (Wildman–Crippen LogP) is -2.67. The molecule has 0 spiro atoms. The number of hydrogen-bond acceptors (Lipinski definition) is 5. The Hall–Kier alpha value is -0.980. The molecule has 42 valence electrons. The van der Waals surface area contributed by atoms with Gasteiger partial charge in [0.25, 0.3) is 0 Å². The van der Waals surface area contributed by atoms with E-state index < -0.39 is 10.6 Å². The van der Waals surface area contributed by atoms with Crippen molar-refractivity contribution in [3.05, 3.63) is 10.1 Å². The molecule has 6 nitrogen and oxygen atoms in total. The van der Waals surface area contributed by atoms with E-state index in [9.17, 15) is 0 Å². The average Bonchev–Trinajstić information content (AvgIpc) is 1.33. The van der Waals surface area contributed by atoms with Gasteiger partial charge in [0.05, 0.1) is 0 Å². The van der Waals surface area contributed by atoms with Crippen molar-refractivity contribution in [1.82, 2.24) is 0 Å². The van der Waals surface area contributed by atoms with Gasteiger partial charge in [-0.1, -0.05) is 0 Å². The van der Waals surface area contributed by atoms with E-state index in [0.29, 0.717) is 0 Å². The second-order valence-corrected chi connectivity index (χ2v) is 0.696. The maximum absolute atomic E-state index is 8.44. The number of hydrogen-bond donors (Lipinski definition) is 1. The predicted molar refractivity (Wildman–Crippen MR) is 17.4 cm³/mol. The van der Waals surface area contributed by atoms with Crippen LogP contribution in [0.1, 0.15) is 0 Å². The first kappa shape index (κ1) is 9.39. The smallest absolute Gasteiger partial charge is 0.267 e. The van der Waals surface area contributed by atoms with Crippen molar-refractivity contribution in [2.75, 3.05) is 0 Å². The van der Waals surface area contributed by atoms with Gasteiger partial charge in [-0.05, 0) is 0 Å². The van der Waals surface area contributed by atoms with Crippen LogP contribution in [-0.2, 0) is 10.6 Å². The van der Waals surface area contributed by atoms with E-state index >= 15 is 0 Å². The van der Waals surface area contributed by atoms with Gasteiger partial charge in [0.15, 0.2) is 0 Å². The Morgan fingerprint density at radius 3 is 1.29 bits per heavy atom. The Labute approximate surface area is 39.8 Å². The normalized spacial score (nSPS) is 5.14. The second kappa shape index (κ2) is 8.89. The van der Waals surface area contributed by atoms with Gasteiger partial charge in [-0.15, -0.1) is 12.6 Å². The zero-order valence-electron chi connectivity index (χ0n) is 2.95. The zero-order chi connectivity index (χ0) is 6.28. The highest BCUT2D eigenvalue weighted by molar-refractivity contribution is 7.59. The van der Waals surface area contributed by atoms with Gasteiger partial charge in [0, 0.05) is 5.34 Å². The molecule has 0 radical (unpaired) electrons. The van der Waals surface area contributed by atoms with E-state index in [1.54, 1.807) is 0 Å². The standard InChI is InChI=1S/HNO2.O3S/c2-1-3;1-4(2)3/h1H;. The third-order valence-corrected chi connectivity index (χ3v) is 0. The van der Waals surface area contributed by atoms with Gasteiger partial charge in [0.1, 0.15) is 0 Å². The van der Waals surface area contributed by atoms with Crippen LogP contribution in [0, 0.1) is 10.1 Å². The molecule has 0 amide bonds. The minimum Gasteiger partial charge on any atom is -0.267 e. The van der Waals surface area contributed by atoms with E-state index in [1.165, 1.54) is 0 Å². The zero-order valence-corrected chi connectivity index (χ0v) is 3.77. The molecule has 0 saturated heterocycles. The summed E-state index contributed by atoms with van der Waals surface area (Å²) in [5, 5.41) is 8.38. The summed E-state index contributed by atoms with van der Waals surface area (Å²) < 4.78 is 25.3. The minimum absolute atomic E-state index is 0.250. The molecule has 0 aliphatic rings. The molecular formula is HNO5S. The van der Waals surface area contributed by atoms with Gasteiger partial charge in [-0.3, -0.25) is 10.1 Å². The lowest BCUT2D eigenvalue weighted by Gasteiger charge is -1.36. The Kier molecular flexibility index (Phi) is 11.9. The summed E-state index contributed by atoms with van der Waals surface area (Å²) in [6.07, 6.45) is 0. The van der Waals surface area contributed by atoms with Crippen LogP contribution < -0.4 is 5.34 Å². The molecule has 0 rings (SSSR count). The number of nitrogens with one attached hydrogen (secondary N) is 1. The van der Waals surface area contributed by atoms with Crippen molar-refractivity contribution in [3.63, 3.8) is 0 Å². The fourth-order valence-corrected chi connectivity index (χ4v) is 0.